The van der Waals surface area contributed by atoms with Gasteiger partial charge in [0.25, 0.3) is 0 Å². The summed E-state index contributed by atoms with van der Waals surface area (Å²) in [6.07, 6.45) is 0. The fraction of sp³-hybridized carbons (Fsp3) is 0.214. The molecule has 2 heterocycles. The summed E-state index contributed by atoms with van der Waals surface area (Å²) < 4.78 is 0. The van der Waals surface area contributed by atoms with Crippen molar-refractivity contribution in [3.63, 3.8) is 0 Å². The van der Waals surface area contributed by atoms with Gasteiger partial charge in [-0.25, -0.2) is 5.10 Å². The van der Waals surface area contributed by atoms with Gasteiger partial charge in [0, 0.05) is 22.2 Å². The number of anilines is 1. The molecular weight excluding hydrogens is 286 g/mol. The number of nitrogen functional groups attached to an aromatic ring is 1. The highest BCUT2D eigenvalue weighted by Gasteiger charge is 2.23. The van der Waals surface area contributed by atoms with E-state index < -0.39 is 0 Å². The zero-order valence-electron chi connectivity index (χ0n) is 11.7. The lowest BCUT2D eigenvalue weighted by Gasteiger charge is -2.08. The number of nitrogens with zero attached hydrogens (tertiary/aromatic N) is 2. The van der Waals surface area contributed by atoms with E-state index in [4.69, 9.17) is 5.73 Å². The van der Waals surface area contributed by atoms with Crippen LogP contribution in [0.1, 0.15) is 23.0 Å². The minimum atomic E-state index is -0.293. The van der Waals surface area contributed by atoms with Gasteiger partial charge in [-0.1, -0.05) is 30.0 Å². The van der Waals surface area contributed by atoms with Gasteiger partial charge in [0.05, 0.1) is 5.25 Å². The second-order valence-corrected chi connectivity index (χ2v) is 6.11. The van der Waals surface area contributed by atoms with Crippen LogP contribution in [0, 0.1) is 6.92 Å². The van der Waals surface area contributed by atoms with E-state index in [0.717, 1.165) is 22.2 Å². The van der Waals surface area contributed by atoms with Crippen LogP contribution in [0.15, 0.2) is 29.4 Å². The van der Waals surface area contributed by atoms with Gasteiger partial charge in [0.15, 0.2) is 5.78 Å². The second-order valence-electron chi connectivity index (χ2n) is 4.80. The smallest absolute Gasteiger partial charge is 0.216 e. The molecule has 0 saturated carbocycles. The highest BCUT2D eigenvalue weighted by Crippen LogP contribution is 2.28. The Kier molecular flexibility index (Phi) is 3.42. The molecule has 0 aliphatic rings. The van der Waals surface area contributed by atoms with E-state index in [1.54, 1.807) is 0 Å². The van der Waals surface area contributed by atoms with Gasteiger partial charge in [-0.3, -0.25) is 4.79 Å². The normalized spacial score (nSPS) is 12.7. The summed E-state index contributed by atoms with van der Waals surface area (Å²) in [5.74, 6) is 0.304. The highest BCUT2D eigenvalue weighted by atomic mass is 32.2. The molecule has 108 valence electrons. The number of hydrogen-bond donors (Lipinski definition) is 3. The van der Waals surface area contributed by atoms with Crippen molar-refractivity contribution in [3.05, 3.63) is 35.5 Å². The number of carbonyl (C=O) groups excluding carboxylic acids is 1. The Morgan fingerprint density at radius 1 is 1.38 bits per heavy atom. The van der Waals surface area contributed by atoms with Crippen molar-refractivity contribution in [3.8, 4) is 0 Å². The lowest BCUT2D eigenvalue weighted by Crippen LogP contribution is -2.14. The Balaban J connectivity index is 1.91. The third kappa shape index (κ3) is 2.52. The maximum Gasteiger partial charge on any atom is 0.216 e. The van der Waals surface area contributed by atoms with Crippen molar-refractivity contribution in [2.24, 2.45) is 0 Å². The average molecular weight is 301 g/mol. The summed E-state index contributed by atoms with van der Waals surface area (Å²) in [6, 6.07) is 7.79. The molecule has 21 heavy (non-hydrogen) atoms. The van der Waals surface area contributed by atoms with Crippen molar-refractivity contribution in [1.82, 2.24) is 20.2 Å². The van der Waals surface area contributed by atoms with Crippen LogP contribution in [-0.4, -0.2) is 31.2 Å². The number of nitrogens with one attached hydrogen (secondary N) is 2. The number of para-hydroxylation sites is 1. The van der Waals surface area contributed by atoms with Crippen LogP contribution < -0.4 is 5.73 Å². The van der Waals surface area contributed by atoms with Gasteiger partial charge in [-0.05, 0) is 19.9 Å². The minimum Gasteiger partial charge on any atom is -0.368 e. The highest BCUT2D eigenvalue weighted by molar-refractivity contribution is 8.00. The number of nitrogens with two attached hydrogens (primary N) is 1. The molecular formula is C14H15N5OS. The van der Waals surface area contributed by atoms with Crippen molar-refractivity contribution < 1.29 is 4.79 Å². The Morgan fingerprint density at radius 3 is 2.86 bits per heavy atom. The van der Waals surface area contributed by atoms with Crippen LogP contribution >= 0.6 is 11.8 Å². The fourth-order valence-electron chi connectivity index (χ4n) is 2.32. The molecule has 0 spiro atoms. The summed E-state index contributed by atoms with van der Waals surface area (Å²) in [7, 11) is 0. The van der Waals surface area contributed by atoms with E-state index in [1.807, 2.05) is 38.1 Å². The van der Waals surface area contributed by atoms with Crippen molar-refractivity contribution in [1.29, 1.82) is 0 Å². The Hall–Kier alpha value is -2.28. The molecule has 1 aromatic carbocycles. The number of Topliss-reactive ketones (excluding diaryl/α,β-unsaturated/α-hetero) is 1. The maximum atomic E-state index is 12.7. The monoisotopic (exact) mass is 301 g/mol. The Morgan fingerprint density at radius 2 is 2.14 bits per heavy atom. The first-order valence-electron chi connectivity index (χ1n) is 6.52. The summed E-state index contributed by atoms with van der Waals surface area (Å²) in [6.45, 7) is 3.76. The lowest BCUT2D eigenvalue weighted by molar-refractivity contribution is 0.0995. The number of benzene rings is 1. The Labute approximate surface area is 125 Å². The topological polar surface area (TPSA) is 100 Å². The number of carbonyl (C=O) groups is 1. The molecule has 0 radical (unpaired) electrons. The minimum absolute atomic E-state index is 0.0540. The molecule has 0 bridgehead atoms. The molecule has 4 N–H and O–H groups in total. The predicted molar refractivity (Wildman–Crippen MR) is 83.5 cm³/mol. The number of rotatable bonds is 4. The second kappa shape index (κ2) is 5.25. The van der Waals surface area contributed by atoms with E-state index in [-0.39, 0.29) is 17.0 Å². The lowest BCUT2D eigenvalue weighted by atomic mass is 10.1. The summed E-state index contributed by atoms with van der Waals surface area (Å²) in [5.41, 5.74) is 8.07. The molecule has 3 aromatic rings. The first-order valence-corrected chi connectivity index (χ1v) is 7.40. The van der Waals surface area contributed by atoms with Crippen molar-refractivity contribution >= 4 is 34.4 Å². The largest absolute Gasteiger partial charge is 0.368 e. The number of ketones is 1. The molecule has 0 aliphatic carbocycles. The summed E-state index contributed by atoms with van der Waals surface area (Å²) >= 11 is 1.29. The summed E-state index contributed by atoms with van der Waals surface area (Å²) in [4.78, 5) is 20.0. The van der Waals surface area contributed by atoms with E-state index in [2.05, 4.69) is 20.2 Å². The zero-order valence-corrected chi connectivity index (χ0v) is 12.5. The molecule has 0 saturated heterocycles. The molecule has 0 aliphatic heterocycles. The van der Waals surface area contributed by atoms with Crippen molar-refractivity contribution in [2.45, 2.75) is 24.3 Å². The number of fused-ring (bicyclic) bond motifs is 1. The van der Waals surface area contributed by atoms with Crippen LogP contribution in [0.3, 0.4) is 0 Å². The molecule has 2 aromatic heterocycles. The molecule has 7 heteroatoms. The molecule has 0 fully saturated rings. The number of H-pyrrole nitrogens is 2. The van der Waals surface area contributed by atoms with Crippen LogP contribution in [0.5, 0.6) is 0 Å². The van der Waals surface area contributed by atoms with Gasteiger partial charge in [0.1, 0.15) is 0 Å². The first kappa shape index (κ1) is 13.7. The van der Waals surface area contributed by atoms with Gasteiger partial charge in [-0.15, -0.1) is 5.10 Å². The van der Waals surface area contributed by atoms with Crippen LogP contribution in [0.4, 0.5) is 5.95 Å². The van der Waals surface area contributed by atoms with Crippen LogP contribution in [-0.2, 0) is 0 Å². The third-order valence-electron chi connectivity index (χ3n) is 3.27. The van der Waals surface area contributed by atoms with E-state index in [1.165, 1.54) is 11.8 Å². The van der Waals surface area contributed by atoms with Crippen LogP contribution in [0.25, 0.3) is 10.9 Å². The van der Waals surface area contributed by atoms with Gasteiger partial charge >= 0.3 is 0 Å². The SMILES string of the molecule is Cc1[nH]c2ccccc2c1C(=O)[C@H](C)Sc1n[nH]c(N)n1. The van der Waals surface area contributed by atoms with Crippen LogP contribution in [0.2, 0.25) is 0 Å². The molecule has 6 nitrogen and oxygen atoms in total. The summed E-state index contributed by atoms with van der Waals surface area (Å²) in [5, 5.41) is 7.64. The fourth-order valence-corrected chi connectivity index (χ4v) is 3.11. The Bertz CT molecular complexity index is 807. The quantitative estimate of drug-likeness (QED) is 0.508. The number of aromatic nitrogens is 4. The molecule has 0 unspecified atom stereocenters. The predicted octanol–water partition coefficient (Wildman–Crippen LogP) is 2.54. The van der Waals surface area contributed by atoms with Gasteiger partial charge in [0.2, 0.25) is 11.1 Å². The molecule has 1 atom stereocenters. The van der Waals surface area contributed by atoms with Crippen molar-refractivity contribution in [2.75, 3.05) is 5.73 Å². The molecule has 3 rings (SSSR count). The number of hydrogen-bond acceptors (Lipinski definition) is 5. The first-order chi connectivity index (χ1) is 10.1. The van der Waals surface area contributed by atoms with E-state index in [0.29, 0.717) is 5.16 Å². The molecule has 0 amide bonds. The van der Waals surface area contributed by atoms with Gasteiger partial charge in [-0.2, -0.15) is 4.98 Å². The average Bonchev–Trinajstić information content (AvgIpc) is 3.00. The number of aryl methyl sites for hydroxylation is 1. The van der Waals surface area contributed by atoms with Gasteiger partial charge < -0.3 is 10.7 Å². The van der Waals surface area contributed by atoms with E-state index in [9.17, 15) is 4.79 Å². The third-order valence-corrected chi connectivity index (χ3v) is 4.23. The van der Waals surface area contributed by atoms with E-state index >= 15 is 0 Å². The zero-order chi connectivity index (χ0) is 15.0. The number of aromatic amines is 2. The standard InChI is InChI=1S/C14H15N5OS/c1-7-11(9-5-3-4-6-10(9)16-7)12(20)8(2)21-14-17-13(15)18-19-14/h3-6,8,16H,1-2H3,(H3,15,17,18,19)/t8-/m0/s1. The number of thioether (sulfide) groups is 1. The maximum absolute atomic E-state index is 12.7.